The van der Waals surface area contributed by atoms with E-state index in [4.69, 9.17) is 0 Å². The fraction of sp³-hybridized carbons (Fsp3) is 0.300. The average molecular weight is 210 g/mol. The summed E-state index contributed by atoms with van der Waals surface area (Å²) in [5.74, 6) is 0. The van der Waals surface area contributed by atoms with Crippen molar-refractivity contribution >= 4 is 15.9 Å². The van der Waals surface area contributed by atoms with Gasteiger partial charge in [0.2, 0.25) is 0 Å². The first kappa shape index (κ1) is 7.35. The van der Waals surface area contributed by atoms with Crippen molar-refractivity contribution in [2.45, 2.75) is 19.3 Å². The second kappa shape index (κ2) is 2.98. The predicted octanol–water partition coefficient (Wildman–Crippen LogP) is 3.34. The molecule has 0 aliphatic heterocycles. The molecule has 0 heterocycles. The van der Waals surface area contributed by atoms with Crippen molar-refractivity contribution in [2.75, 3.05) is 0 Å². The van der Waals surface area contributed by atoms with Crippen molar-refractivity contribution in [2.24, 2.45) is 0 Å². The van der Waals surface area contributed by atoms with Crippen LogP contribution in [0.5, 0.6) is 0 Å². The lowest BCUT2D eigenvalue weighted by atomic mass is 9.92. The molecule has 1 radical (unpaired) electrons. The number of rotatable bonds is 0. The van der Waals surface area contributed by atoms with Crippen LogP contribution in [0.3, 0.4) is 0 Å². The highest BCUT2D eigenvalue weighted by molar-refractivity contribution is 9.10. The summed E-state index contributed by atoms with van der Waals surface area (Å²) in [6.45, 7) is 0. The smallest absolute Gasteiger partial charge is 0.0178 e. The molecule has 0 fully saturated rings. The lowest BCUT2D eigenvalue weighted by Crippen LogP contribution is -1.99. The van der Waals surface area contributed by atoms with Gasteiger partial charge in [0.05, 0.1) is 0 Å². The van der Waals surface area contributed by atoms with Crippen LogP contribution >= 0.6 is 15.9 Å². The first-order valence-electron chi connectivity index (χ1n) is 3.98. The fourth-order valence-corrected chi connectivity index (χ4v) is 1.95. The van der Waals surface area contributed by atoms with Gasteiger partial charge < -0.3 is 0 Å². The minimum atomic E-state index is 1.20. The van der Waals surface area contributed by atoms with Gasteiger partial charge in [-0.25, -0.2) is 0 Å². The molecule has 1 aliphatic rings. The average Bonchev–Trinajstić information content (AvgIpc) is 2.04. The molecule has 0 amide bonds. The van der Waals surface area contributed by atoms with Crippen molar-refractivity contribution in [1.29, 1.82) is 0 Å². The highest BCUT2D eigenvalue weighted by atomic mass is 79.9. The monoisotopic (exact) mass is 209 g/mol. The second-order valence-corrected chi connectivity index (χ2v) is 3.86. The van der Waals surface area contributed by atoms with Crippen molar-refractivity contribution in [1.82, 2.24) is 0 Å². The van der Waals surface area contributed by atoms with Crippen molar-refractivity contribution in [3.63, 3.8) is 0 Å². The molecule has 0 aromatic heterocycles. The lowest BCUT2D eigenvalue weighted by molar-refractivity contribution is 0.774. The van der Waals surface area contributed by atoms with E-state index in [2.05, 4.69) is 40.5 Å². The Hall–Kier alpha value is -0.300. The van der Waals surface area contributed by atoms with E-state index in [0.717, 1.165) is 0 Å². The molecule has 0 saturated heterocycles. The fourth-order valence-electron chi connectivity index (χ4n) is 1.54. The summed E-state index contributed by atoms with van der Waals surface area (Å²) in [7, 11) is 0. The van der Waals surface area contributed by atoms with E-state index >= 15 is 0 Å². The third-order valence-electron chi connectivity index (χ3n) is 2.12. The number of halogens is 1. The largest absolute Gasteiger partial charge is 0.0573 e. The molecule has 0 atom stereocenters. The zero-order valence-electron chi connectivity index (χ0n) is 6.31. The zero-order valence-corrected chi connectivity index (χ0v) is 7.89. The Balaban J connectivity index is 2.43. The van der Waals surface area contributed by atoms with Crippen LogP contribution in [-0.4, -0.2) is 0 Å². The molecule has 0 spiro atoms. The van der Waals surface area contributed by atoms with E-state index in [1.807, 2.05) is 0 Å². The summed E-state index contributed by atoms with van der Waals surface area (Å²) >= 11 is 3.48. The Kier molecular flexibility index (Phi) is 1.99. The van der Waals surface area contributed by atoms with Crippen molar-refractivity contribution in [3.05, 3.63) is 40.2 Å². The summed E-state index contributed by atoms with van der Waals surface area (Å²) in [4.78, 5) is 0. The number of hydrogen-bond acceptors (Lipinski definition) is 0. The summed E-state index contributed by atoms with van der Waals surface area (Å²) in [5, 5.41) is 0. The molecule has 57 valence electrons. The number of benzene rings is 1. The molecule has 0 nitrogen and oxygen atoms in total. The van der Waals surface area contributed by atoms with Crippen LogP contribution in [0.25, 0.3) is 0 Å². The Labute approximate surface area is 75.8 Å². The van der Waals surface area contributed by atoms with Crippen LogP contribution in [0.4, 0.5) is 0 Å². The summed E-state index contributed by atoms with van der Waals surface area (Å²) in [6, 6.07) is 6.53. The van der Waals surface area contributed by atoms with Crippen LogP contribution in [-0.2, 0) is 6.42 Å². The number of hydrogen-bond donors (Lipinski definition) is 0. The number of aryl methyl sites for hydroxylation is 1. The predicted molar refractivity (Wildman–Crippen MR) is 50.5 cm³/mol. The van der Waals surface area contributed by atoms with Crippen LogP contribution in [0.1, 0.15) is 24.0 Å². The Morgan fingerprint density at radius 1 is 1.27 bits per heavy atom. The van der Waals surface area contributed by atoms with E-state index < -0.39 is 0 Å². The van der Waals surface area contributed by atoms with Crippen molar-refractivity contribution in [3.8, 4) is 0 Å². The first-order valence-corrected chi connectivity index (χ1v) is 4.77. The van der Waals surface area contributed by atoms with Gasteiger partial charge >= 0.3 is 0 Å². The van der Waals surface area contributed by atoms with Gasteiger partial charge in [0.15, 0.2) is 0 Å². The third-order valence-corrected chi connectivity index (χ3v) is 2.61. The first-order chi connectivity index (χ1) is 5.36. The van der Waals surface area contributed by atoms with E-state index in [1.54, 1.807) is 0 Å². The van der Waals surface area contributed by atoms with Gasteiger partial charge in [0.25, 0.3) is 0 Å². The standard InChI is InChI=1S/C10H10Br/c11-10-6-5-8-3-1-2-4-9(8)7-10/h3,5-7H,1-2,4H2. The van der Waals surface area contributed by atoms with Gasteiger partial charge in [-0.05, 0) is 48.9 Å². The topological polar surface area (TPSA) is 0 Å². The van der Waals surface area contributed by atoms with Gasteiger partial charge in [-0.1, -0.05) is 22.0 Å². The normalized spacial score (nSPS) is 16.1. The van der Waals surface area contributed by atoms with Crippen LogP contribution in [0.15, 0.2) is 22.7 Å². The number of fused-ring (bicyclic) bond motifs is 1. The molecule has 11 heavy (non-hydrogen) atoms. The zero-order chi connectivity index (χ0) is 7.68. The molecule has 1 aromatic carbocycles. The molecular formula is C10H10Br. The molecule has 1 aromatic rings. The van der Waals surface area contributed by atoms with E-state index in [0.29, 0.717) is 0 Å². The van der Waals surface area contributed by atoms with Crippen LogP contribution in [0.2, 0.25) is 0 Å². The third kappa shape index (κ3) is 1.48. The SMILES string of the molecule is Brc1ccc2c(c1)CCC[CH]2. The molecule has 0 saturated carbocycles. The highest BCUT2D eigenvalue weighted by Crippen LogP contribution is 2.25. The molecule has 0 unspecified atom stereocenters. The maximum absolute atomic E-state index is 3.48. The van der Waals surface area contributed by atoms with Crippen LogP contribution < -0.4 is 0 Å². The maximum atomic E-state index is 3.48. The summed E-state index contributed by atoms with van der Waals surface area (Å²) < 4.78 is 1.20. The van der Waals surface area contributed by atoms with E-state index in [1.165, 1.54) is 34.9 Å². The second-order valence-electron chi connectivity index (χ2n) is 2.94. The molecular weight excluding hydrogens is 200 g/mol. The molecule has 1 heteroatoms. The lowest BCUT2D eigenvalue weighted by Gasteiger charge is -2.14. The van der Waals surface area contributed by atoms with Crippen molar-refractivity contribution < 1.29 is 0 Å². The van der Waals surface area contributed by atoms with Gasteiger partial charge in [-0.2, -0.15) is 0 Å². The maximum Gasteiger partial charge on any atom is 0.0178 e. The molecule has 2 rings (SSSR count). The van der Waals surface area contributed by atoms with Gasteiger partial charge in [-0.15, -0.1) is 0 Å². The van der Waals surface area contributed by atoms with E-state index in [9.17, 15) is 0 Å². The highest BCUT2D eigenvalue weighted by Gasteiger charge is 2.08. The molecule has 1 aliphatic carbocycles. The quantitative estimate of drug-likeness (QED) is 0.616. The Bertz CT molecular complexity index is 266. The Morgan fingerprint density at radius 2 is 2.18 bits per heavy atom. The molecule has 0 N–H and O–H groups in total. The summed E-state index contributed by atoms with van der Waals surface area (Å²) in [5.41, 5.74) is 2.92. The minimum Gasteiger partial charge on any atom is -0.0573 e. The Morgan fingerprint density at radius 3 is 3.09 bits per heavy atom. The van der Waals surface area contributed by atoms with Gasteiger partial charge in [0.1, 0.15) is 0 Å². The van der Waals surface area contributed by atoms with E-state index in [-0.39, 0.29) is 0 Å². The summed E-state index contributed by atoms with van der Waals surface area (Å²) in [6.07, 6.45) is 6.12. The van der Waals surface area contributed by atoms with Gasteiger partial charge in [-0.3, -0.25) is 0 Å². The minimum absolute atomic E-state index is 1.20. The molecule has 0 bridgehead atoms. The van der Waals surface area contributed by atoms with Crippen LogP contribution in [0, 0.1) is 6.42 Å². The van der Waals surface area contributed by atoms with Gasteiger partial charge in [0, 0.05) is 4.47 Å².